The molecule has 3 rings (SSSR count). The molecular weight excluding hydrogens is 483 g/mol. The van der Waals surface area contributed by atoms with Crippen molar-refractivity contribution >= 4 is 34.0 Å². The van der Waals surface area contributed by atoms with Crippen molar-refractivity contribution in [2.24, 2.45) is 0 Å². The molecule has 1 heterocycles. The molecule has 3 aromatic rings. The van der Waals surface area contributed by atoms with Crippen LogP contribution >= 0.6 is 0 Å². The molecule has 7 heteroatoms. The number of nitrogens with one attached hydrogen (secondary N) is 1. The SMILES string of the molecule is CCCCC(CCC)n1ccc2cc(/C(=C/C(=O)Nc3ccc(F)cc3OCCCC(=O)O)CC)ccc21. The van der Waals surface area contributed by atoms with Gasteiger partial charge < -0.3 is 19.7 Å². The number of halogens is 1. The number of nitrogens with zero attached hydrogens (tertiary/aromatic N) is 1. The van der Waals surface area contributed by atoms with E-state index in [1.807, 2.05) is 6.92 Å². The van der Waals surface area contributed by atoms with E-state index in [1.165, 1.54) is 43.0 Å². The molecule has 0 spiro atoms. The molecule has 0 radical (unpaired) electrons. The van der Waals surface area contributed by atoms with Gasteiger partial charge in [0.1, 0.15) is 11.6 Å². The molecule has 0 bridgehead atoms. The fourth-order valence-electron chi connectivity index (χ4n) is 4.72. The van der Waals surface area contributed by atoms with Crippen LogP contribution in [-0.4, -0.2) is 28.2 Å². The summed E-state index contributed by atoms with van der Waals surface area (Å²) in [7, 11) is 0. The third-order valence-electron chi connectivity index (χ3n) is 6.68. The molecule has 38 heavy (non-hydrogen) atoms. The van der Waals surface area contributed by atoms with Crippen molar-refractivity contribution in [3.05, 3.63) is 66.1 Å². The Morgan fingerprint density at radius 2 is 1.87 bits per heavy atom. The lowest BCUT2D eigenvalue weighted by Crippen LogP contribution is -2.11. The van der Waals surface area contributed by atoms with E-state index in [0.717, 1.165) is 29.4 Å². The first-order chi connectivity index (χ1) is 18.4. The van der Waals surface area contributed by atoms with Crippen LogP contribution < -0.4 is 10.1 Å². The van der Waals surface area contributed by atoms with Crippen LogP contribution in [0.4, 0.5) is 10.1 Å². The highest BCUT2D eigenvalue weighted by Crippen LogP contribution is 2.30. The third-order valence-corrected chi connectivity index (χ3v) is 6.68. The molecule has 2 N–H and O–H groups in total. The maximum Gasteiger partial charge on any atom is 0.303 e. The lowest BCUT2D eigenvalue weighted by Gasteiger charge is -2.19. The van der Waals surface area contributed by atoms with Crippen LogP contribution in [0.2, 0.25) is 0 Å². The average Bonchev–Trinajstić information content (AvgIpc) is 3.32. The molecule has 1 aromatic heterocycles. The molecule has 0 saturated carbocycles. The highest BCUT2D eigenvalue weighted by Gasteiger charge is 2.14. The Morgan fingerprint density at radius 3 is 2.58 bits per heavy atom. The number of carbonyl (C=O) groups excluding carboxylic acids is 1. The number of anilines is 1. The van der Waals surface area contributed by atoms with Crippen molar-refractivity contribution in [1.29, 1.82) is 0 Å². The highest BCUT2D eigenvalue weighted by molar-refractivity contribution is 6.05. The van der Waals surface area contributed by atoms with E-state index < -0.39 is 11.8 Å². The number of allylic oxidation sites excluding steroid dienone is 1. The van der Waals surface area contributed by atoms with E-state index in [1.54, 1.807) is 6.08 Å². The Balaban J connectivity index is 1.78. The van der Waals surface area contributed by atoms with Gasteiger partial charge in [0, 0.05) is 41.7 Å². The number of amides is 1. The third kappa shape index (κ3) is 7.94. The minimum absolute atomic E-state index is 0.0503. The number of fused-ring (bicyclic) bond motifs is 1. The first-order valence-electron chi connectivity index (χ1n) is 13.6. The topological polar surface area (TPSA) is 80.6 Å². The van der Waals surface area contributed by atoms with Crippen LogP contribution in [-0.2, 0) is 9.59 Å². The fraction of sp³-hybridized carbons (Fsp3) is 0.419. The average molecular weight is 523 g/mol. The van der Waals surface area contributed by atoms with E-state index in [9.17, 15) is 14.0 Å². The number of carbonyl (C=O) groups is 2. The molecule has 1 atom stereocenters. The van der Waals surface area contributed by atoms with Gasteiger partial charge in [-0.05, 0) is 67.2 Å². The van der Waals surface area contributed by atoms with Crippen LogP contribution in [0.15, 0.2) is 54.7 Å². The number of carboxylic acid groups (broad SMARTS) is 1. The standard InChI is InChI=1S/C31H39FN2O4/c1-4-7-10-26(9-5-2)34-17-16-24-19-23(12-15-28(24)34)22(6-3)20-30(35)33-27-14-13-25(32)21-29(27)38-18-8-11-31(36)37/h12-17,19-21,26H,4-11,18H2,1-3H3,(H,33,35)(H,36,37)/b22-20+. The summed E-state index contributed by atoms with van der Waals surface area (Å²) in [4.78, 5) is 23.6. The minimum atomic E-state index is -0.925. The molecule has 0 saturated heterocycles. The number of benzene rings is 2. The second-order valence-electron chi connectivity index (χ2n) is 9.58. The maximum absolute atomic E-state index is 13.8. The van der Waals surface area contributed by atoms with Crippen molar-refractivity contribution in [3.63, 3.8) is 0 Å². The summed E-state index contributed by atoms with van der Waals surface area (Å²) < 4.78 is 21.7. The Labute approximate surface area is 224 Å². The number of aliphatic carboxylic acids is 1. The van der Waals surface area contributed by atoms with Gasteiger partial charge in [0.2, 0.25) is 5.91 Å². The number of hydrogen-bond acceptors (Lipinski definition) is 3. The first-order valence-corrected chi connectivity index (χ1v) is 13.6. The van der Waals surface area contributed by atoms with Crippen LogP contribution in [0.25, 0.3) is 16.5 Å². The summed E-state index contributed by atoms with van der Waals surface area (Å²) >= 11 is 0. The summed E-state index contributed by atoms with van der Waals surface area (Å²) in [6.07, 6.45) is 10.5. The van der Waals surface area contributed by atoms with Crippen molar-refractivity contribution in [3.8, 4) is 5.75 Å². The van der Waals surface area contributed by atoms with E-state index in [4.69, 9.17) is 9.84 Å². The van der Waals surface area contributed by atoms with Gasteiger partial charge in [-0.15, -0.1) is 0 Å². The monoisotopic (exact) mass is 522 g/mol. The summed E-state index contributed by atoms with van der Waals surface area (Å²) in [5.74, 6) is -1.60. The molecule has 0 aliphatic rings. The van der Waals surface area contributed by atoms with E-state index >= 15 is 0 Å². The van der Waals surface area contributed by atoms with E-state index in [0.29, 0.717) is 18.2 Å². The molecule has 1 amide bonds. The molecule has 2 aromatic carbocycles. The van der Waals surface area contributed by atoms with Crippen molar-refractivity contribution in [2.45, 2.75) is 78.2 Å². The quantitative estimate of drug-likeness (QED) is 0.157. The largest absolute Gasteiger partial charge is 0.491 e. The van der Waals surface area contributed by atoms with Gasteiger partial charge in [-0.2, -0.15) is 0 Å². The van der Waals surface area contributed by atoms with Crippen LogP contribution in [0.1, 0.15) is 83.7 Å². The number of aromatic nitrogens is 1. The van der Waals surface area contributed by atoms with Gasteiger partial charge in [0.25, 0.3) is 0 Å². The van der Waals surface area contributed by atoms with Crippen LogP contribution in [0.5, 0.6) is 5.75 Å². The summed E-state index contributed by atoms with van der Waals surface area (Å²) in [5, 5.41) is 12.7. The molecule has 0 aliphatic carbocycles. The Kier molecular flexibility index (Phi) is 10.9. The zero-order valence-corrected chi connectivity index (χ0v) is 22.6. The highest BCUT2D eigenvalue weighted by atomic mass is 19.1. The summed E-state index contributed by atoms with van der Waals surface area (Å²) in [5.41, 5.74) is 3.41. The molecule has 0 aliphatic heterocycles. The molecule has 6 nitrogen and oxygen atoms in total. The van der Waals surface area contributed by atoms with Gasteiger partial charge >= 0.3 is 5.97 Å². The predicted octanol–water partition coefficient (Wildman–Crippen LogP) is 7.99. The maximum atomic E-state index is 13.8. The lowest BCUT2D eigenvalue weighted by atomic mass is 10.0. The number of ether oxygens (including phenoxy) is 1. The Bertz CT molecular complexity index is 1260. The van der Waals surface area contributed by atoms with Gasteiger partial charge in [0.15, 0.2) is 0 Å². The number of hydrogen-bond donors (Lipinski definition) is 2. The zero-order valence-electron chi connectivity index (χ0n) is 22.6. The number of rotatable bonds is 15. The van der Waals surface area contributed by atoms with Crippen molar-refractivity contribution < 1.29 is 23.8 Å². The Morgan fingerprint density at radius 1 is 1.05 bits per heavy atom. The molecule has 0 fully saturated rings. The first kappa shape index (κ1) is 29.0. The fourth-order valence-corrected chi connectivity index (χ4v) is 4.72. The van der Waals surface area contributed by atoms with Gasteiger partial charge in [0.05, 0.1) is 12.3 Å². The van der Waals surface area contributed by atoms with Gasteiger partial charge in [-0.25, -0.2) is 4.39 Å². The smallest absolute Gasteiger partial charge is 0.303 e. The normalized spacial score (nSPS) is 12.5. The van der Waals surface area contributed by atoms with Crippen LogP contribution in [0.3, 0.4) is 0 Å². The predicted molar refractivity (Wildman–Crippen MR) is 151 cm³/mol. The lowest BCUT2D eigenvalue weighted by molar-refractivity contribution is -0.137. The molecule has 204 valence electrons. The zero-order chi connectivity index (χ0) is 27.5. The number of carboxylic acids is 1. The summed E-state index contributed by atoms with van der Waals surface area (Å²) in [6.45, 7) is 6.56. The second-order valence-corrected chi connectivity index (χ2v) is 9.58. The van der Waals surface area contributed by atoms with E-state index in [-0.39, 0.29) is 31.1 Å². The van der Waals surface area contributed by atoms with Gasteiger partial charge in [-0.3, -0.25) is 9.59 Å². The van der Waals surface area contributed by atoms with Gasteiger partial charge in [-0.1, -0.05) is 46.1 Å². The second kappa shape index (κ2) is 14.4. The summed E-state index contributed by atoms with van der Waals surface area (Å²) in [6, 6.07) is 12.9. The minimum Gasteiger partial charge on any atom is -0.491 e. The van der Waals surface area contributed by atoms with Crippen molar-refractivity contribution in [2.75, 3.05) is 11.9 Å². The van der Waals surface area contributed by atoms with Crippen LogP contribution in [0, 0.1) is 5.82 Å². The van der Waals surface area contributed by atoms with Crippen molar-refractivity contribution in [1.82, 2.24) is 4.57 Å². The Hall–Kier alpha value is -3.61. The van der Waals surface area contributed by atoms with E-state index in [2.05, 4.69) is 54.2 Å². The molecule has 1 unspecified atom stereocenters. The number of unbranched alkanes of at least 4 members (excludes halogenated alkanes) is 1. The molecular formula is C31H39FN2O4.